The molecule has 57 heavy (non-hydrogen) atoms. The van der Waals surface area contributed by atoms with Crippen LogP contribution in [0, 0.1) is 13.8 Å². The zero-order valence-corrected chi connectivity index (χ0v) is 31.8. The van der Waals surface area contributed by atoms with Crippen LogP contribution in [0.25, 0.3) is 44.6 Å². The molecule has 2 atom stereocenters. The Balaban J connectivity index is 1.07. The Morgan fingerprint density at radius 2 is 1.75 bits per heavy atom. The van der Waals surface area contributed by atoms with Gasteiger partial charge in [0, 0.05) is 53.8 Å². The largest absolute Gasteiger partial charge is 0.480 e. The third-order valence-corrected chi connectivity index (χ3v) is 11.5. The number of anilines is 2. The molecule has 3 aromatic carbocycles. The summed E-state index contributed by atoms with van der Waals surface area (Å²) in [6.07, 6.45) is 6.15. The quantitative estimate of drug-likeness (QED) is 0.109. The van der Waals surface area contributed by atoms with E-state index in [-0.39, 0.29) is 17.9 Å². The Hall–Kier alpha value is -5.99. The van der Waals surface area contributed by atoms with Crippen molar-refractivity contribution in [3.05, 3.63) is 95.3 Å². The second-order valence-corrected chi connectivity index (χ2v) is 15.1. The second kappa shape index (κ2) is 15.2. The first-order chi connectivity index (χ1) is 27.4. The third-order valence-electron chi connectivity index (χ3n) is 11.5. The number of aromatic nitrogens is 3. The predicted octanol–water partition coefficient (Wildman–Crippen LogP) is 8.55. The molecule has 0 aliphatic carbocycles. The maximum Gasteiger partial charge on any atom is 0.387 e. The number of nitrogens with one attached hydrogen (secondary N) is 1. The number of ether oxygens (including phenoxy) is 1. The standard InChI is InChI=1S/C43H42F2N6O6/c1-24-29(8-4-10-31(24)39-49-33-19-28(23-50-16-6-12-34(50)40(52)53)35(57-42(44)45)20-36(33)56-39)30-9-5-11-32(25(30)2)48-38-37-27(13-15-46-38)18-26(21-47-37)22-51-17-7-14-43(51,3)41(54)55/h4-5,8-11,13,15,18-21,34,42H,6-7,12,14,16-17,22-23H2,1-3H3,(H,46,48)(H,52,53)(H,54,55)/t34-,43?/m0/s1. The van der Waals surface area contributed by atoms with E-state index in [4.69, 9.17) is 19.1 Å². The summed E-state index contributed by atoms with van der Waals surface area (Å²) < 4.78 is 38.1. The van der Waals surface area contributed by atoms with Crippen molar-refractivity contribution in [2.75, 3.05) is 18.4 Å². The van der Waals surface area contributed by atoms with E-state index in [1.54, 1.807) is 30.3 Å². The number of halogens is 2. The summed E-state index contributed by atoms with van der Waals surface area (Å²) in [6, 6.07) is 18.1. The molecule has 0 amide bonds. The molecule has 3 aromatic heterocycles. The molecule has 2 fully saturated rings. The highest BCUT2D eigenvalue weighted by molar-refractivity contribution is 5.91. The lowest BCUT2D eigenvalue weighted by Gasteiger charge is -2.31. The fraction of sp³-hybridized carbons (Fsp3) is 0.326. The van der Waals surface area contributed by atoms with Crippen molar-refractivity contribution in [3.63, 3.8) is 0 Å². The summed E-state index contributed by atoms with van der Waals surface area (Å²) in [5.41, 5.74) is 7.16. The number of alkyl halides is 2. The number of carbonyl (C=O) groups is 2. The number of fused-ring (bicyclic) bond motifs is 2. The summed E-state index contributed by atoms with van der Waals surface area (Å²) in [7, 11) is 0. The minimum atomic E-state index is -3.07. The van der Waals surface area contributed by atoms with Crippen LogP contribution in [0.3, 0.4) is 0 Å². The van der Waals surface area contributed by atoms with Gasteiger partial charge in [0.15, 0.2) is 11.4 Å². The number of rotatable bonds is 12. The van der Waals surface area contributed by atoms with Gasteiger partial charge in [0.2, 0.25) is 5.89 Å². The van der Waals surface area contributed by atoms with Crippen LogP contribution in [-0.4, -0.2) is 78.2 Å². The number of oxazole rings is 1. The first kappa shape index (κ1) is 37.9. The van der Waals surface area contributed by atoms with Gasteiger partial charge in [-0.05, 0) is 118 Å². The van der Waals surface area contributed by atoms with Gasteiger partial charge in [-0.3, -0.25) is 24.4 Å². The number of nitrogens with zero attached hydrogens (tertiary/aromatic N) is 5. The first-order valence-corrected chi connectivity index (χ1v) is 18.9. The molecule has 0 saturated carbocycles. The SMILES string of the molecule is Cc1c(Nc2nccc3cc(CN4CCCC4(C)C(=O)O)cnc23)cccc1-c1cccc(-c2nc3cc(CN4CCC[C@H]4C(=O)O)c(OC(F)F)cc3o2)c1C. The maximum absolute atomic E-state index is 13.5. The molecule has 1 unspecified atom stereocenters. The lowest BCUT2D eigenvalue weighted by molar-refractivity contribution is -0.149. The molecular weight excluding hydrogens is 735 g/mol. The van der Waals surface area contributed by atoms with E-state index in [0.717, 1.165) is 50.9 Å². The van der Waals surface area contributed by atoms with Crippen molar-refractivity contribution in [2.45, 2.75) is 77.7 Å². The fourth-order valence-corrected chi connectivity index (χ4v) is 8.32. The smallest absolute Gasteiger partial charge is 0.387 e. The van der Waals surface area contributed by atoms with Crippen LogP contribution in [-0.2, 0) is 22.7 Å². The number of pyridine rings is 2. The number of aliphatic carboxylic acids is 2. The number of hydrogen-bond donors (Lipinski definition) is 3. The minimum absolute atomic E-state index is 0.0802. The van der Waals surface area contributed by atoms with E-state index < -0.39 is 30.1 Å². The highest BCUT2D eigenvalue weighted by Crippen LogP contribution is 2.39. The van der Waals surface area contributed by atoms with E-state index in [9.17, 15) is 28.6 Å². The van der Waals surface area contributed by atoms with Gasteiger partial charge in [-0.2, -0.15) is 8.78 Å². The Morgan fingerprint density at radius 3 is 2.53 bits per heavy atom. The van der Waals surface area contributed by atoms with Gasteiger partial charge in [-0.15, -0.1) is 0 Å². The zero-order valence-electron chi connectivity index (χ0n) is 31.8. The molecule has 2 aliphatic rings. The molecular formula is C43H42F2N6O6. The van der Waals surface area contributed by atoms with Crippen LogP contribution in [0.4, 0.5) is 20.3 Å². The Labute approximate surface area is 327 Å². The molecule has 3 N–H and O–H groups in total. The van der Waals surface area contributed by atoms with E-state index in [1.165, 1.54) is 6.07 Å². The van der Waals surface area contributed by atoms with E-state index in [1.807, 2.05) is 67.3 Å². The van der Waals surface area contributed by atoms with Crippen LogP contribution in [0.1, 0.15) is 54.9 Å². The van der Waals surface area contributed by atoms with Crippen LogP contribution in [0.15, 0.2) is 77.5 Å². The van der Waals surface area contributed by atoms with E-state index in [0.29, 0.717) is 67.2 Å². The van der Waals surface area contributed by atoms with Gasteiger partial charge in [-0.1, -0.05) is 24.3 Å². The second-order valence-electron chi connectivity index (χ2n) is 15.1. The molecule has 0 spiro atoms. The van der Waals surface area contributed by atoms with Crippen LogP contribution >= 0.6 is 0 Å². The van der Waals surface area contributed by atoms with Gasteiger partial charge in [0.05, 0.1) is 0 Å². The molecule has 6 aromatic rings. The average molecular weight is 777 g/mol. The first-order valence-electron chi connectivity index (χ1n) is 18.9. The third kappa shape index (κ3) is 7.26. The molecule has 8 rings (SSSR count). The summed E-state index contributed by atoms with van der Waals surface area (Å²) in [5.74, 6) is -0.938. The van der Waals surface area contributed by atoms with Crippen molar-refractivity contribution < 1.29 is 37.7 Å². The van der Waals surface area contributed by atoms with Crippen molar-refractivity contribution in [1.82, 2.24) is 24.8 Å². The van der Waals surface area contributed by atoms with Gasteiger partial charge >= 0.3 is 18.6 Å². The van der Waals surface area contributed by atoms with Crippen LogP contribution < -0.4 is 10.1 Å². The number of hydrogen-bond acceptors (Lipinski definition) is 10. The number of likely N-dealkylation sites (tertiary alicyclic amines) is 2. The normalized spacial score (nSPS) is 18.9. The molecule has 0 radical (unpaired) electrons. The molecule has 5 heterocycles. The Bertz CT molecular complexity index is 2530. The van der Waals surface area contributed by atoms with Crippen molar-refractivity contribution in [3.8, 4) is 28.3 Å². The monoisotopic (exact) mass is 776 g/mol. The van der Waals surface area contributed by atoms with E-state index >= 15 is 0 Å². The highest BCUT2D eigenvalue weighted by Gasteiger charge is 2.43. The Morgan fingerprint density at radius 1 is 0.982 bits per heavy atom. The van der Waals surface area contributed by atoms with Crippen molar-refractivity contribution >= 4 is 45.4 Å². The summed E-state index contributed by atoms with van der Waals surface area (Å²) in [4.78, 5) is 41.7. The molecule has 14 heteroatoms. The van der Waals surface area contributed by atoms with Gasteiger partial charge in [-0.25, -0.2) is 9.97 Å². The van der Waals surface area contributed by atoms with Gasteiger partial charge in [0.25, 0.3) is 0 Å². The molecule has 294 valence electrons. The molecule has 2 aliphatic heterocycles. The predicted molar refractivity (Wildman–Crippen MR) is 211 cm³/mol. The number of carboxylic acid groups (broad SMARTS) is 2. The molecule has 12 nitrogen and oxygen atoms in total. The van der Waals surface area contributed by atoms with Crippen LogP contribution in [0.5, 0.6) is 5.75 Å². The van der Waals surface area contributed by atoms with Crippen LogP contribution in [0.2, 0.25) is 0 Å². The van der Waals surface area contributed by atoms with Crippen molar-refractivity contribution in [1.29, 1.82) is 0 Å². The lowest BCUT2D eigenvalue weighted by atomic mass is 9.93. The van der Waals surface area contributed by atoms with Gasteiger partial charge < -0.3 is 24.7 Å². The lowest BCUT2D eigenvalue weighted by Crippen LogP contribution is -2.47. The fourth-order valence-electron chi connectivity index (χ4n) is 8.32. The average Bonchev–Trinajstić information content (AvgIpc) is 3.92. The number of carboxylic acids is 2. The summed E-state index contributed by atoms with van der Waals surface area (Å²) in [5, 5.41) is 23.9. The zero-order chi connectivity index (χ0) is 40.0. The van der Waals surface area contributed by atoms with E-state index in [2.05, 4.69) is 10.3 Å². The molecule has 2 saturated heterocycles. The minimum Gasteiger partial charge on any atom is -0.480 e. The highest BCUT2D eigenvalue weighted by atomic mass is 19.3. The van der Waals surface area contributed by atoms with Gasteiger partial charge in [0.1, 0.15) is 28.4 Å². The number of benzene rings is 3. The van der Waals surface area contributed by atoms with Crippen molar-refractivity contribution in [2.24, 2.45) is 0 Å². The summed E-state index contributed by atoms with van der Waals surface area (Å²) in [6.45, 7) is 4.56. The Kier molecular flexibility index (Phi) is 10.1. The maximum atomic E-state index is 13.5. The molecule has 0 bridgehead atoms. The summed E-state index contributed by atoms with van der Waals surface area (Å²) >= 11 is 0. The topological polar surface area (TPSA) is 154 Å².